The molecule has 0 spiro atoms. The van der Waals surface area contributed by atoms with Gasteiger partial charge < -0.3 is 5.73 Å². The van der Waals surface area contributed by atoms with Crippen molar-refractivity contribution >= 4 is 11.3 Å². The number of rotatable bonds is 2. The first-order valence-electron chi connectivity index (χ1n) is 3.92. The molecule has 0 aliphatic heterocycles. The van der Waals surface area contributed by atoms with Crippen LogP contribution in [0.2, 0.25) is 0 Å². The molecule has 0 saturated carbocycles. The van der Waals surface area contributed by atoms with E-state index < -0.39 is 0 Å². The van der Waals surface area contributed by atoms with Gasteiger partial charge in [0.2, 0.25) is 0 Å². The third kappa shape index (κ3) is 2.61. The molecule has 2 N–H and O–H groups in total. The van der Waals surface area contributed by atoms with Crippen molar-refractivity contribution < 1.29 is 0 Å². The van der Waals surface area contributed by atoms with Crippen LogP contribution in [0.5, 0.6) is 0 Å². The quantitative estimate of drug-likeness (QED) is 0.751. The van der Waals surface area contributed by atoms with Crippen molar-refractivity contribution in [1.29, 1.82) is 0 Å². The number of hydrogen-bond donors (Lipinski definition) is 1. The van der Waals surface area contributed by atoms with Crippen LogP contribution in [-0.4, -0.2) is 0 Å². The van der Waals surface area contributed by atoms with E-state index in [1.807, 2.05) is 0 Å². The van der Waals surface area contributed by atoms with Crippen LogP contribution in [0, 0.1) is 12.8 Å². The van der Waals surface area contributed by atoms with Crippen LogP contribution in [0.4, 0.5) is 0 Å². The van der Waals surface area contributed by atoms with Crippen LogP contribution in [0.15, 0.2) is 11.4 Å². The van der Waals surface area contributed by atoms with E-state index in [9.17, 15) is 0 Å². The SMILES string of the molecule is C.Cc1csc([C@H](N)C(C)C)c1. The predicted octanol–water partition coefficient (Wildman–Crippen LogP) is 3.35. The van der Waals surface area contributed by atoms with Gasteiger partial charge in [0.15, 0.2) is 0 Å². The Morgan fingerprint density at radius 3 is 2.33 bits per heavy atom. The number of hydrogen-bond acceptors (Lipinski definition) is 2. The Kier molecular flexibility index (Phi) is 4.50. The molecule has 70 valence electrons. The molecule has 1 aromatic heterocycles. The molecule has 2 heteroatoms. The summed E-state index contributed by atoms with van der Waals surface area (Å²) in [6.45, 7) is 6.41. The van der Waals surface area contributed by atoms with E-state index in [2.05, 4.69) is 32.2 Å². The van der Waals surface area contributed by atoms with Gasteiger partial charge in [0.25, 0.3) is 0 Å². The van der Waals surface area contributed by atoms with Crippen molar-refractivity contribution in [1.82, 2.24) is 0 Å². The Balaban J connectivity index is 0.00000121. The Morgan fingerprint density at radius 2 is 2.00 bits per heavy atom. The molecular weight excluding hydrogens is 166 g/mol. The summed E-state index contributed by atoms with van der Waals surface area (Å²) in [6.07, 6.45) is 0. The van der Waals surface area contributed by atoms with Crippen LogP contribution >= 0.6 is 11.3 Å². The minimum Gasteiger partial charge on any atom is -0.323 e. The summed E-state index contributed by atoms with van der Waals surface area (Å²) in [5.41, 5.74) is 7.28. The molecule has 0 radical (unpaired) electrons. The third-order valence-electron chi connectivity index (χ3n) is 1.80. The highest BCUT2D eigenvalue weighted by atomic mass is 32.1. The van der Waals surface area contributed by atoms with Gasteiger partial charge in [-0.3, -0.25) is 0 Å². The molecular formula is C10H19NS. The topological polar surface area (TPSA) is 26.0 Å². The molecule has 12 heavy (non-hydrogen) atoms. The van der Waals surface area contributed by atoms with Gasteiger partial charge in [-0.25, -0.2) is 0 Å². The zero-order chi connectivity index (χ0) is 8.43. The van der Waals surface area contributed by atoms with Crippen molar-refractivity contribution in [2.45, 2.75) is 34.2 Å². The van der Waals surface area contributed by atoms with Gasteiger partial charge in [-0.05, 0) is 29.9 Å². The van der Waals surface area contributed by atoms with E-state index in [4.69, 9.17) is 5.73 Å². The zero-order valence-corrected chi connectivity index (χ0v) is 8.11. The maximum Gasteiger partial charge on any atom is 0.0413 e. The average Bonchev–Trinajstić information content (AvgIpc) is 2.34. The lowest BCUT2D eigenvalue weighted by Crippen LogP contribution is -2.14. The number of aryl methyl sites for hydroxylation is 1. The van der Waals surface area contributed by atoms with Crippen LogP contribution in [0.25, 0.3) is 0 Å². The van der Waals surface area contributed by atoms with E-state index in [1.54, 1.807) is 11.3 Å². The third-order valence-corrected chi connectivity index (χ3v) is 2.95. The summed E-state index contributed by atoms with van der Waals surface area (Å²) in [5.74, 6) is 0.535. The Bertz CT molecular complexity index is 227. The van der Waals surface area contributed by atoms with E-state index in [0.717, 1.165) is 0 Å². The summed E-state index contributed by atoms with van der Waals surface area (Å²) >= 11 is 1.76. The highest BCUT2D eigenvalue weighted by Gasteiger charge is 2.11. The van der Waals surface area contributed by atoms with E-state index in [0.29, 0.717) is 5.92 Å². The zero-order valence-electron chi connectivity index (χ0n) is 7.29. The predicted molar refractivity (Wildman–Crippen MR) is 57.6 cm³/mol. The first-order valence-corrected chi connectivity index (χ1v) is 4.80. The van der Waals surface area contributed by atoms with Crippen molar-refractivity contribution in [3.05, 3.63) is 21.9 Å². The second-order valence-electron chi connectivity index (χ2n) is 3.30. The minimum atomic E-state index is 0. The molecule has 0 aliphatic rings. The monoisotopic (exact) mass is 185 g/mol. The van der Waals surface area contributed by atoms with Gasteiger partial charge in [0, 0.05) is 10.9 Å². The number of nitrogens with two attached hydrogens (primary N) is 1. The summed E-state index contributed by atoms with van der Waals surface area (Å²) in [5, 5.41) is 2.15. The maximum absolute atomic E-state index is 5.96. The first kappa shape index (κ1) is 11.7. The van der Waals surface area contributed by atoms with Crippen LogP contribution in [0.3, 0.4) is 0 Å². The molecule has 1 rings (SSSR count). The molecule has 1 nitrogen and oxygen atoms in total. The molecule has 0 saturated heterocycles. The molecule has 1 aromatic rings. The Labute approximate surface area is 79.6 Å². The normalized spacial score (nSPS) is 12.8. The highest BCUT2D eigenvalue weighted by molar-refractivity contribution is 7.10. The van der Waals surface area contributed by atoms with Crippen LogP contribution in [-0.2, 0) is 0 Å². The molecule has 0 fully saturated rings. The largest absolute Gasteiger partial charge is 0.323 e. The maximum atomic E-state index is 5.96. The molecule has 0 unspecified atom stereocenters. The lowest BCUT2D eigenvalue weighted by atomic mass is 10.0. The Hall–Kier alpha value is -0.340. The summed E-state index contributed by atoms with van der Waals surface area (Å²) < 4.78 is 0. The van der Waals surface area contributed by atoms with Gasteiger partial charge in [-0.2, -0.15) is 0 Å². The van der Waals surface area contributed by atoms with E-state index in [-0.39, 0.29) is 13.5 Å². The van der Waals surface area contributed by atoms with Gasteiger partial charge in [0.05, 0.1) is 0 Å². The van der Waals surface area contributed by atoms with Crippen molar-refractivity contribution in [2.75, 3.05) is 0 Å². The molecule has 0 aliphatic carbocycles. The smallest absolute Gasteiger partial charge is 0.0413 e. The summed E-state index contributed by atoms with van der Waals surface area (Å²) in [4.78, 5) is 1.30. The second-order valence-corrected chi connectivity index (χ2v) is 4.24. The Morgan fingerprint density at radius 1 is 1.42 bits per heavy atom. The molecule has 1 atom stereocenters. The van der Waals surface area contributed by atoms with Gasteiger partial charge >= 0.3 is 0 Å². The molecule has 0 amide bonds. The molecule has 0 bridgehead atoms. The van der Waals surface area contributed by atoms with Gasteiger partial charge in [0.1, 0.15) is 0 Å². The summed E-state index contributed by atoms with van der Waals surface area (Å²) in [6, 6.07) is 2.39. The first-order chi connectivity index (χ1) is 5.11. The fourth-order valence-corrected chi connectivity index (χ4v) is 2.03. The minimum absolute atomic E-state index is 0. The standard InChI is InChI=1S/C9H15NS.CH4/c1-6(2)9(10)8-4-7(3)5-11-8;/h4-6,9H,10H2,1-3H3;1H4/t9-;/m1./s1. The lowest BCUT2D eigenvalue weighted by molar-refractivity contribution is 0.521. The van der Waals surface area contributed by atoms with Crippen molar-refractivity contribution in [3.63, 3.8) is 0 Å². The van der Waals surface area contributed by atoms with Gasteiger partial charge in [-0.15, -0.1) is 11.3 Å². The second kappa shape index (κ2) is 4.63. The number of thiophene rings is 1. The average molecular weight is 185 g/mol. The van der Waals surface area contributed by atoms with Crippen LogP contribution < -0.4 is 5.73 Å². The van der Waals surface area contributed by atoms with Gasteiger partial charge in [-0.1, -0.05) is 21.3 Å². The van der Waals surface area contributed by atoms with Crippen LogP contribution in [0.1, 0.15) is 37.8 Å². The van der Waals surface area contributed by atoms with Crippen molar-refractivity contribution in [2.24, 2.45) is 11.7 Å². The highest BCUT2D eigenvalue weighted by Crippen LogP contribution is 2.24. The summed E-state index contributed by atoms with van der Waals surface area (Å²) in [7, 11) is 0. The lowest BCUT2D eigenvalue weighted by Gasteiger charge is -2.12. The molecule has 1 heterocycles. The fourth-order valence-electron chi connectivity index (χ4n) is 0.957. The van der Waals surface area contributed by atoms with E-state index in [1.165, 1.54) is 10.4 Å². The fraction of sp³-hybridized carbons (Fsp3) is 0.600. The molecule has 0 aromatic carbocycles. The van der Waals surface area contributed by atoms with E-state index >= 15 is 0 Å². The van der Waals surface area contributed by atoms with Crippen molar-refractivity contribution in [3.8, 4) is 0 Å².